The minimum atomic E-state index is -0.786. The van der Waals surface area contributed by atoms with Gasteiger partial charge in [-0.1, -0.05) is 74.7 Å². The van der Waals surface area contributed by atoms with Crippen molar-refractivity contribution in [2.75, 3.05) is 6.16 Å². The van der Waals surface area contributed by atoms with Gasteiger partial charge in [-0.25, -0.2) is 19.9 Å². The van der Waals surface area contributed by atoms with Gasteiger partial charge in [0.05, 0.1) is 0 Å². The lowest BCUT2D eigenvalue weighted by atomic mass is 9.55. The number of aromatic nitrogens is 4. The minimum Gasteiger partial charge on any atom is -0.240 e. The number of hydrogen-bond acceptors (Lipinski definition) is 4. The molecule has 8 saturated carbocycles. The lowest BCUT2D eigenvalue weighted by molar-refractivity contribution is 0.0187. The first kappa shape index (κ1) is 33.3. The van der Waals surface area contributed by atoms with Gasteiger partial charge < -0.3 is 0 Å². The van der Waals surface area contributed by atoms with Gasteiger partial charge in [-0.05, 0) is 169 Å². The molecule has 2 heterocycles. The highest BCUT2D eigenvalue weighted by Gasteiger charge is 2.63. The van der Waals surface area contributed by atoms with Gasteiger partial charge in [-0.3, -0.25) is 0 Å². The Kier molecular flexibility index (Phi) is 8.01. The number of nitrogens with zero attached hydrogens (tertiary/aromatic N) is 4. The van der Waals surface area contributed by atoms with Gasteiger partial charge in [0.1, 0.15) is 16.8 Å². The molecule has 0 radical (unpaired) electrons. The van der Waals surface area contributed by atoms with Gasteiger partial charge in [0.2, 0.25) is 0 Å². The van der Waals surface area contributed by atoms with Crippen molar-refractivity contribution in [3.63, 3.8) is 0 Å². The van der Waals surface area contributed by atoms with Crippen molar-refractivity contribution in [2.45, 2.75) is 98.4 Å². The maximum Gasteiger partial charge on any atom is 0.150 e. The number of benzene rings is 2. The average molecular weight is 735 g/mol. The average Bonchev–Trinajstić information content (AvgIpc) is 3.57. The summed E-state index contributed by atoms with van der Waals surface area (Å²) in [5, 5.41) is 0.243. The lowest BCUT2D eigenvalue weighted by Crippen LogP contribution is -2.57. The molecule has 270 valence electrons. The van der Waals surface area contributed by atoms with Gasteiger partial charge in [-0.2, -0.15) is 0 Å². The van der Waals surface area contributed by atoms with E-state index < -0.39 is 5.16 Å². The minimum absolute atomic E-state index is 0.161. The Morgan fingerprint density at radius 1 is 0.566 bits per heavy atom. The topological polar surface area (TPSA) is 51.6 Å². The largest absolute Gasteiger partial charge is 0.240 e. The van der Waals surface area contributed by atoms with E-state index in [1.165, 1.54) is 105 Å². The summed E-state index contributed by atoms with van der Waals surface area (Å²) in [5.74, 6) is 7.41. The molecule has 4 aromatic rings. The Hall–Kier alpha value is -3.06. The molecule has 9 aliphatic carbocycles. The highest BCUT2D eigenvalue weighted by atomic mass is 31.1. The van der Waals surface area contributed by atoms with Crippen LogP contribution in [0.2, 0.25) is 0 Å². The van der Waals surface area contributed by atoms with Crippen LogP contribution in [0.1, 0.15) is 106 Å². The monoisotopic (exact) mass is 734 g/mol. The summed E-state index contributed by atoms with van der Waals surface area (Å²) >= 11 is 0. The first-order valence-electron chi connectivity index (χ1n) is 20.7. The maximum atomic E-state index is 5.02. The highest BCUT2D eigenvalue weighted by molar-refractivity contribution is 7.61. The summed E-state index contributed by atoms with van der Waals surface area (Å²) in [6.45, 7) is 0. The third-order valence-electron chi connectivity index (χ3n) is 15.3. The fraction of sp³-hybridized carbons (Fsp3) is 0.489. The molecule has 8 fully saturated rings. The number of allylic oxidation sites excluding steroid dienone is 4. The molecule has 8 bridgehead atoms. The maximum absolute atomic E-state index is 5.02. The Morgan fingerprint density at radius 3 is 1.42 bits per heavy atom. The van der Waals surface area contributed by atoms with Crippen LogP contribution in [0.15, 0.2) is 115 Å². The molecule has 0 aliphatic heterocycles. The first-order chi connectivity index (χ1) is 26.0. The molecule has 6 heteroatoms. The molecular formula is C47H52N4P2. The Morgan fingerprint density at radius 2 is 0.981 bits per heavy atom. The molecule has 4 nitrogen and oxygen atoms in total. The summed E-state index contributed by atoms with van der Waals surface area (Å²) in [7, 11) is 2.95. The van der Waals surface area contributed by atoms with E-state index in [9.17, 15) is 0 Å². The van der Waals surface area contributed by atoms with Gasteiger partial charge in [-0.15, -0.1) is 9.24 Å². The third kappa shape index (κ3) is 5.43. The molecule has 2 aromatic carbocycles. The van der Waals surface area contributed by atoms with Crippen molar-refractivity contribution < 1.29 is 0 Å². The van der Waals surface area contributed by atoms with Crippen LogP contribution in [-0.2, 0) is 5.16 Å². The van der Waals surface area contributed by atoms with Crippen LogP contribution in [0.5, 0.6) is 0 Å². The second-order valence-electron chi connectivity index (χ2n) is 18.6. The SMILES string of the molecule is PC(C1=C(CP(C23CC4CC(CC(C4)C2)C3)C23CC4CC(CC(C4)C2)C3)C(c2ccccc2)C(c2ccccc2)=C1)(c1ncccn1)c1ncccn1. The summed E-state index contributed by atoms with van der Waals surface area (Å²) in [5.41, 5.74) is 7.01. The Labute approximate surface area is 319 Å². The molecule has 0 spiro atoms. The quantitative estimate of drug-likeness (QED) is 0.161. The normalized spacial score (nSPS) is 35.9. The predicted octanol–water partition coefficient (Wildman–Crippen LogP) is 11.0. The van der Waals surface area contributed by atoms with E-state index in [-0.39, 0.29) is 13.8 Å². The molecule has 2 aromatic heterocycles. The molecule has 2 unspecified atom stereocenters. The smallest absolute Gasteiger partial charge is 0.150 e. The summed E-state index contributed by atoms with van der Waals surface area (Å²) < 4.78 is 0. The van der Waals surface area contributed by atoms with E-state index >= 15 is 0 Å². The molecule has 0 amide bonds. The van der Waals surface area contributed by atoms with Crippen LogP contribution < -0.4 is 0 Å². The van der Waals surface area contributed by atoms with Crippen molar-refractivity contribution in [2.24, 2.45) is 35.5 Å². The van der Waals surface area contributed by atoms with Crippen LogP contribution in [0.25, 0.3) is 5.57 Å². The third-order valence-corrected chi connectivity index (χ3v) is 20.2. The van der Waals surface area contributed by atoms with E-state index in [2.05, 4.69) is 76.0 Å². The molecule has 0 N–H and O–H groups in total. The van der Waals surface area contributed by atoms with Crippen molar-refractivity contribution in [3.05, 3.63) is 138 Å². The molecule has 0 saturated heterocycles. The summed E-state index contributed by atoms with van der Waals surface area (Å²) in [4.78, 5) is 20.1. The van der Waals surface area contributed by atoms with Gasteiger partial charge in [0, 0.05) is 30.7 Å². The van der Waals surface area contributed by atoms with Crippen LogP contribution in [0, 0.1) is 35.5 Å². The second kappa shape index (κ2) is 12.7. The van der Waals surface area contributed by atoms with E-state index in [1.807, 2.05) is 36.9 Å². The van der Waals surface area contributed by atoms with Crippen molar-refractivity contribution in [1.82, 2.24) is 19.9 Å². The van der Waals surface area contributed by atoms with E-state index in [0.717, 1.165) is 47.2 Å². The van der Waals surface area contributed by atoms with Crippen LogP contribution in [0.3, 0.4) is 0 Å². The second-order valence-corrected chi connectivity index (χ2v) is 22.5. The zero-order chi connectivity index (χ0) is 35.2. The molecule has 53 heavy (non-hydrogen) atoms. The van der Waals surface area contributed by atoms with Crippen LogP contribution in [-0.4, -0.2) is 36.4 Å². The molecular weight excluding hydrogens is 682 g/mol. The summed E-state index contributed by atoms with van der Waals surface area (Å²) in [6, 6.07) is 26.6. The zero-order valence-corrected chi connectivity index (χ0v) is 32.9. The molecule has 9 aliphatic rings. The Balaban J connectivity index is 1.16. The first-order valence-corrected chi connectivity index (χ1v) is 22.8. The van der Waals surface area contributed by atoms with Crippen LogP contribution in [0.4, 0.5) is 0 Å². The van der Waals surface area contributed by atoms with Gasteiger partial charge >= 0.3 is 0 Å². The fourth-order valence-corrected chi connectivity index (χ4v) is 20.1. The van der Waals surface area contributed by atoms with Gasteiger partial charge in [0.15, 0.2) is 0 Å². The van der Waals surface area contributed by atoms with Crippen molar-refractivity contribution in [3.8, 4) is 0 Å². The van der Waals surface area contributed by atoms with E-state index in [1.54, 1.807) is 5.57 Å². The number of rotatable bonds is 9. The fourth-order valence-electron chi connectivity index (χ4n) is 14.3. The number of hydrogen-bond donors (Lipinski definition) is 0. The predicted molar refractivity (Wildman–Crippen MR) is 219 cm³/mol. The standard InChI is InChI=1S/C47H52N4P2/c52-47(43-48-13-7-14-49-43,44-50-15-8-16-51-44)41-23-39(37-9-3-1-4-10-37)42(38-11-5-2-6-12-38)40(41)30-53(45-24-31-17-32(25-45)19-33(18-31)26-45)46-27-34-20-35(28-46)22-36(21-34)29-46/h1-16,23,31-36,42H,17-22,24-30,52H2. The summed E-state index contributed by atoms with van der Waals surface area (Å²) in [6.07, 6.45) is 29.4. The highest BCUT2D eigenvalue weighted by Crippen LogP contribution is 2.80. The lowest BCUT2D eigenvalue weighted by Gasteiger charge is -2.68. The Bertz CT molecular complexity index is 1890. The molecule has 2 atom stereocenters. The van der Waals surface area contributed by atoms with Crippen molar-refractivity contribution in [1.29, 1.82) is 0 Å². The van der Waals surface area contributed by atoms with Gasteiger partial charge in [0.25, 0.3) is 0 Å². The molecule has 13 rings (SSSR count). The van der Waals surface area contributed by atoms with Crippen molar-refractivity contribution >= 4 is 22.7 Å². The van der Waals surface area contributed by atoms with E-state index in [4.69, 9.17) is 19.9 Å². The van der Waals surface area contributed by atoms with Crippen LogP contribution >= 0.6 is 17.2 Å². The van der Waals surface area contributed by atoms with E-state index in [0.29, 0.717) is 10.3 Å². The zero-order valence-electron chi connectivity index (χ0n) is 30.9.